The van der Waals surface area contributed by atoms with Gasteiger partial charge < -0.3 is 5.73 Å². The van der Waals surface area contributed by atoms with Crippen molar-refractivity contribution in [2.24, 2.45) is 5.73 Å². The number of aryl methyl sites for hydroxylation is 2. The lowest BCUT2D eigenvalue weighted by Crippen LogP contribution is -2.26. The van der Waals surface area contributed by atoms with E-state index in [1.54, 1.807) is 20.8 Å². The minimum Gasteiger partial charge on any atom is -0.321 e. The number of hydrogen-bond acceptors (Lipinski definition) is 2. The molecular weight excluding hydrogens is 181 g/mol. The molecule has 1 unspecified atom stereocenters. The van der Waals surface area contributed by atoms with Gasteiger partial charge >= 0.3 is 0 Å². The summed E-state index contributed by atoms with van der Waals surface area (Å²) in [7, 11) is 0. The third-order valence-corrected chi connectivity index (χ3v) is 2.13. The molecule has 2 nitrogen and oxygen atoms in total. The Kier molecular flexibility index (Phi) is 3.01. The number of halogens is 1. The van der Waals surface area contributed by atoms with Crippen LogP contribution in [0.2, 0.25) is 0 Å². The van der Waals surface area contributed by atoms with Gasteiger partial charge in [-0.05, 0) is 44.0 Å². The van der Waals surface area contributed by atoms with E-state index in [0.717, 1.165) is 0 Å². The molecule has 14 heavy (non-hydrogen) atoms. The highest BCUT2D eigenvalue weighted by Gasteiger charge is 2.13. The van der Waals surface area contributed by atoms with Gasteiger partial charge in [-0.25, -0.2) is 4.39 Å². The third kappa shape index (κ3) is 1.99. The number of hydrogen-bond donors (Lipinski definition) is 1. The standard InChI is InChI=1S/C11H14FNO/c1-6-4-9(11(14)8(3)13)5-7(2)10(6)12/h4-5,8H,13H2,1-3H3. The van der Waals surface area contributed by atoms with Crippen LogP contribution in [0.15, 0.2) is 12.1 Å². The van der Waals surface area contributed by atoms with Gasteiger partial charge in [-0.2, -0.15) is 0 Å². The van der Waals surface area contributed by atoms with Crippen LogP contribution >= 0.6 is 0 Å². The van der Waals surface area contributed by atoms with Crippen LogP contribution < -0.4 is 5.73 Å². The Morgan fingerprint density at radius 2 is 1.79 bits per heavy atom. The predicted octanol–water partition coefficient (Wildman–Crippen LogP) is 1.97. The summed E-state index contributed by atoms with van der Waals surface area (Å²) in [6, 6.07) is 2.53. The molecule has 0 spiro atoms. The highest BCUT2D eigenvalue weighted by Crippen LogP contribution is 2.15. The van der Waals surface area contributed by atoms with E-state index in [1.807, 2.05) is 0 Å². The van der Waals surface area contributed by atoms with Crippen LogP contribution in [0.3, 0.4) is 0 Å². The van der Waals surface area contributed by atoms with E-state index < -0.39 is 6.04 Å². The molecular formula is C11H14FNO. The number of ketones is 1. The van der Waals surface area contributed by atoms with Crippen molar-refractivity contribution in [2.75, 3.05) is 0 Å². The van der Waals surface area contributed by atoms with Gasteiger partial charge in [0.05, 0.1) is 6.04 Å². The Balaban J connectivity index is 3.19. The summed E-state index contributed by atoms with van der Waals surface area (Å²) in [4.78, 5) is 11.5. The number of carbonyl (C=O) groups is 1. The molecule has 76 valence electrons. The largest absolute Gasteiger partial charge is 0.321 e. The lowest BCUT2D eigenvalue weighted by molar-refractivity contribution is 0.0967. The van der Waals surface area contributed by atoms with Crippen molar-refractivity contribution >= 4 is 5.78 Å². The van der Waals surface area contributed by atoms with Gasteiger partial charge in [0.2, 0.25) is 0 Å². The molecule has 1 aromatic carbocycles. The molecule has 1 aromatic rings. The number of benzene rings is 1. The Bertz CT molecular complexity index is 349. The lowest BCUT2D eigenvalue weighted by Gasteiger charge is -2.07. The Hall–Kier alpha value is -1.22. The molecule has 0 bridgehead atoms. The first-order valence-electron chi connectivity index (χ1n) is 4.50. The molecule has 0 saturated heterocycles. The second-order valence-corrected chi connectivity index (χ2v) is 3.58. The molecule has 1 atom stereocenters. The molecule has 0 radical (unpaired) electrons. The van der Waals surface area contributed by atoms with Crippen LogP contribution in [0, 0.1) is 19.7 Å². The maximum atomic E-state index is 13.2. The van der Waals surface area contributed by atoms with Crippen LogP contribution in [-0.4, -0.2) is 11.8 Å². The minimum absolute atomic E-state index is 0.156. The number of rotatable bonds is 2. The van der Waals surface area contributed by atoms with Gasteiger partial charge in [0.25, 0.3) is 0 Å². The summed E-state index contributed by atoms with van der Waals surface area (Å²) in [5, 5.41) is 0. The maximum absolute atomic E-state index is 13.2. The highest BCUT2D eigenvalue weighted by molar-refractivity contribution is 6.00. The quantitative estimate of drug-likeness (QED) is 0.733. The first kappa shape index (κ1) is 10.9. The SMILES string of the molecule is Cc1cc(C(=O)C(C)N)cc(C)c1F. The molecule has 2 N–H and O–H groups in total. The molecule has 0 aliphatic rings. The zero-order valence-electron chi connectivity index (χ0n) is 8.60. The van der Waals surface area contributed by atoms with Crippen molar-refractivity contribution in [1.29, 1.82) is 0 Å². The fourth-order valence-corrected chi connectivity index (χ4v) is 1.35. The second-order valence-electron chi connectivity index (χ2n) is 3.58. The summed E-state index contributed by atoms with van der Waals surface area (Å²) in [5.74, 6) is -0.414. The van der Waals surface area contributed by atoms with E-state index in [0.29, 0.717) is 16.7 Å². The van der Waals surface area contributed by atoms with Gasteiger partial charge in [0, 0.05) is 5.56 Å². The zero-order valence-corrected chi connectivity index (χ0v) is 8.60. The molecule has 0 aliphatic carbocycles. The van der Waals surface area contributed by atoms with Crippen LogP contribution in [0.25, 0.3) is 0 Å². The topological polar surface area (TPSA) is 43.1 Å². The Morgan fingerprint density at radius 3 is 2.14 bits per heavy atom. The molecule has 0 amide bonds. The second kappa shape index (κ2) is 3.88. The summed E-state index contributed by atoms with van der Waals surface area (Å²) in [6.45, 7) is 4.90. The summed E-state index contributed by atoms with van der Waals surface area (Å²) in [5.41, 5.74) is 6.91. The zero-order chi connectivity index (χ0) is 10.9. The molecule has 0 fully saturated rings. The molecule has 3 heteroatoms. The van der Waals surface area contributed by atoms with E-state index >= 15 is 0 Å². The average molecular weight is 195 g/mol. The highest BCUT2D eigenvalue weighted by atomic mass is 19.1. The number of carbonyl (C=O) groups excluding carboxylic acids is 1. The number of nitrogens with two attached hydrogens (primary N) is 1. The van der Waals surface area contributed by atoms with Crippen LogP contribution in [0.5, 0.6) is 0 Å². The molecule has 0 heterocycles. The normalized spacial score (nSPS) is 12.6. The number of Topliss-reactive ketones (excluding diaryl/α,β-unsaturated/α-hetero) is 1. The third-order valence-electron chi connectivity index (χ3n) is 2.13. The lowest BCUT2D eigenvalue weighted by atomic mass is 10.0. The van der Waals surface area contributed by atoms with Gasteiger partial charge in [0.1, 0.15) is 5.82 Å². The van der Waals surface area contributed by atoms with Crippen molar-refractivity contribution < 1.29 is 9.18 Å². The fraction of sp³-hybridized carbons (Fsp3) is 0.364. The Morgan fingerprint density at radius 1 is 1.36 bits per heavy atom. The monoisotopic (exact) mass is 195 g/mol. The van der Waals surface area contributed by atoms with E-state index in [4.69, 9.17) is 5.73 Å². The van der Waals surface area contributed by atoms with Crippen molar-refractivity contribution in [3.8, 4) is 0 Å². The van der Waals surface area contributed by atoms with Gasteiger partial charge in [-0.1, -0.05) is 0 Å². The molecule has 0 aliphatic heterocycles. The van der Waals surface area contributed by atoms with Gasteiger partial charge in [-0.15, -0.1) is 0 Å². The molecule has 0 aromatic heterocycles. The van der Waals surface area contributed by atoms with Crippen molar-refractivity contribution in [3.05, 3.63) is 34.6 Å². The van der Waals surface area contributed by atoms with Gasteiger partial charge in [0.15, 0.2) is 5.78 Å². The van der Waals surface area contributed by atoms with Crippen LogP contribution in [0.1, 0.15) is 28.4 Å². The molecule has 1 rings (SSSR count). The van der Waals surface area contributed by atoms with E-state index in [-0.39, 0.29) is 11.6 Å². The Labute approximate surface area is 82.9 Å². The van der Waals surface area contributed by atoms with Crippen molar-refractivity contribution in [2.45, 2.75) is 26.8 Å². The summed E-state index contributed by atoms with van der Waals surface area (Å²) >= 11 is 0. The molecule has 0 saturated carbocycles. The first-order valence-corrected chi connectivity index (χ1v) is 4.50. The van der Waals surface area contributed by atoms with E-state index in [2.05, 4.69) is 0 Å². The van der Waals surface area contributed by atoms with Gasteiger partial charge in [-0.3, -0.25) is 4.79 Å². The van der Waals surface area contributed by atoms with Crippen molar-refractivity contribution in [1.82, 2.24) is 0 Å². The van der Waals surface area contributed by atoms with E-state index in [1.165, 1.54) is 12.1 Å². The average Bonchev–Trinajstić information content (AvgIpc) is 2.12. The first-order chi connectivity index (χ1) is 6.43. The van der Waals surface area contributed by atoms with Crippen molar-refractivity contribution in [3.63, 3.8) is 0 Å². The van der Waals surface area contributed by atoms with E-state index in [9.17, 15) is 9.18 Å². The summed E-state index contributed by atoms with van der Waals surface area (Å²) in [6.07, 6.45) is 0. The smallest absolute Gasteiger partial charge is 0.179 e. The van der Waals surface area contributed by atoms with Crippen LogP contribution in [-0.2, 0) is 0 Å². The predicted molar refractivity (Wildman–Crippen MR) is 53.9 cm³/mol. The van der Waals surface area contributed by atoms with Crippen LogP contribution in [0.4, 0.5) is 4.39 Å². The fourth-order valence-electron chi connectivity index (χ4n) is 1.35. The summed E-state index contributed by atoms with van der Waals surface area (Å²) < 4.78 is 13.2. The minimum atomic E-state index is -0.542. The maximum Gasteiger partial charge on any atom is 0.179 e.